The predicted octanol–water partition coefficient (Wildman–Crippen LogP) is 5.43. The third-order valence-corrected chi connectivity index (χ3v) is 3.62. The second-order valence-electron chi connectivity index (χ2n) is 6.53. The fraction of sp³-hybridized carbons (Fsp3) is 0.364. The fourth-order valence-corrected chi connectivity index (χ4v) is 2.51. The van der Waals surface area contributed by atoms with Gasteiger partial charge >= 0.3 is 0 Å². The average Bonchev–Trinajstić information content (AvgIpc) is 2.88. The molecular weight excluding hydrogens is 310 g/mol. The highest BCUT2D eigenvalue weighted by Crippen LogP contribution is 2.37. The lowest BCUT2D eigenvalue weighted by Gasteiger charge is -2.19. The summed E-state index contributed by atoms with van der Waals surface area (Å²) in [4.78, 5) is 2.15. The maximum atomic E-state index is 6.16. The first-order valence-corrected chi connectivity index (χ1v) is 8.50. The van der Waals surface area contributed by atoms with Gasteiger partial charge in [-0.05, 0) is 58.1 Å². The van der Waals surface area contributed by atoms with E-state index in [2.05, 4.69) is 45.7 Å². The quantitative estimate of drug-likeness (QED) is 0.391. The zero-order valence-corrected chi connectivity index (χ0v) is 16.3. The molecule has 3 heteroatoms. The number of ether oxygens (including phenoxy) is 2. The molecule has 1 unspecified atom stereocenters. The Labute approximate surface area is 152 Å². The summed E-state index contributed by atoms with van der Waals surface area (Å²) in [5, 5.41) is 0. The summed E-state index contributed by atoms with van der Waals surface area (Å²) in [5.41, 5.74) is 3.05. The van der Waals surface area contributed by atoms with Crippen molar-refractivity contribution in [3.8, 4) is 5.75 Å². The Kier molecular flexibility index (Phi) is 8.23. The SMILES string of the molecule is C=C(C)C(=C)Oc1ccccc1C1=C(C)CC(CN(C)C)O1.C=CC. The van der Waals surface area contributed by atoms with E-state index in [1.54, 1.807) is 6.08 Å². The lowest BCUT2D eigenvalue weighted by Crippen LogP contribution is -2.25. The summed E-state index contributed by atoms with van der Waals surface area (Å²) in [6, 6.07) is 7.91. The summed E-state index contributed by atoms with van der Waals surface area (Å²) in [7, 11) is 4.12. The summed E-state index contributed by atoms with van der Waals surface area (Å²) in [6.07, 6.45) is 2.89. The molecule has 0 N–H and O–H groups in total. The van der Waals surface area contributed by atoms with Gasteiger partial charge in [0, 0.05) is 13.0 Å². The van der Waals surface area contributed by atoms with Crippen molar-refractivity contribution in [1.29, 1.82) is 0 Å². The Morgan fingerprint density at radius 2 is 1.92 bits per heavy atom. The number of rotatable bonds is 6. The number of para-hydroxylation sites is 1. The van der Waals surface area contributed by atoms with Gasteiger partial charge in [0.15, 0.2) is 0 Å². The monoisotopic (exact) mass is 341 g/mol. The van der Waals surface area contributed by atoms with E-state index in [0.29, 0.717) is 5.76 Å². The molecule has 1 heterocycles. The molecule has 2 rings (SSSR count). The van der Waals surface area contributed by atoms with Gasteiger partial charge in [0.25, 0.3) is 0 Å². The second-order valence-corrected chi connectivity index (χ2v) is 6.53. The van der Waals surface area contributed by atoms with Gasteiger partial charge in [-0.2, -0.15) is 0 Å². The maximum Gasteiger partial charge on any atom is 0.138 e. The molecule has 1 aliphatic rings. The van der Waals surface area contributed by atoms with Crippen molar-refractivity contribution in [2.45, 2.75) is 33.3 Å². The molecule has 136 valence electrons. The van der Waals surface area contributed by atoms with Crippen molar-refractivity contribution in [2.24, 2.45) is 0 Å². The van der Waals surface area contributed by atoms with E-state index >= 15 is 0 Å². The summed E-state index contributed by atoms with van der Waals surface area (Å²) < 4.78 is 12.0. The van der Waals surface area contributed by atoms with Crippen LogP contribution in [0.25, 0.3) is 5.76 Å². The van der Waals surface area contributed by atoms with Crippen LogP contribution in [0, 0.1) is 0 Å². The van der Waals surface area contributed by atoms with E-state index in [-0.39, 0.29) is 6.10 Å². The predicted molar refractivity (Wildman–Crippen MR) is 108 cm³/mol. The zero-order valence-electron chi connectivity index (χ0n) is 16.3. The Morgan fingerprint density at radius 3 is 2.48 bits per heavy atom. The molecule has 1 aliphatic heterocycles. The van der Waals surface area contributed by atoms with Crippen molar-refractivity contribution < 1.29 is 9.47 Å². The summed E-state index contributed by atoms with van der Waals surface area (Å²) >= 11 is 0. The minimum atomic E-state index is 0.197. The van der Waals surface area contributed by atoms with Crippen LogP contribution >= 0.6 is 0 Å². The van der Waals surface area contributed by atoms with Crippen molar-refractivity contribution in [1.82, 2.24) is 4.90 Å². The molecule has 0 amide bonds. The number of hydrogen-bond donors (Lipinski definition) is 0. The minimum Gasteiger partial charge on any atom is -0.488 e. The van der Waals surface area contributed by atoms with Crippen LogP contribution in [0.3, 0.4) is 0 Å². The highest BCUT2D eigenvalue weighted by atomic mass is 16.5. The molecule has 0 aliphatic carbocycles. The Balaban J connectivity index is 0.000000970. The van der Waals surface area contributed by atoms with Gasteiger partial charge in [0.1, 0.15) is 23.4 Å². The van der Waals surface area contributed by atoms with Crippen molar-refractivity contribution in [2.75, 3.05) is 20.6 Å². The molecule has 0 aromatic heterocycles. The Morgan fingerprint density at radius 1 is 1.32 bits per heavy atom. The standard InChI is InChI=1S/C19H25NO2.C3H6/c1-13(2)15(4)21-18-10-8-7-9-17(18)19-14(3)11-16(22-19)12-20(5)6;1-3-2/h7-10,16H,1,4,11-12H2,2-3,5-6H3;3H,1H2,2H3. The van der Waals surface area contributed by atoms with Crippen LogP contribution in [0.4, 0.5) is 0 Å². The third kappa shape index (κ3) is 6.28. The van der Waals surface area contributed by atoms with Crippen molar-refractivity contribution in [3.05, 3.63) is 72.5 Å². The number of benzene rings is 1. The van der Waals surface area contributed by atoms with Gasteiger partial charge in [-0.1, -0.05) is 31.4 Å². The third-order valence-electron chi connectivity index (χ3n) is 3.62. The zero-order chi connectivity index (χ0) is 19.0. The smallest absolute Gasteiger partial charge is 0.138 e. The van der Waals surface area contributed by atoms with Gasteiger partial charge < -0.3 is 14.4 Å². The lowest BCUT2D eigenvalue weighted by atomic mass is 10.1. The maximum absolute atomic E-state index is 6.16. The first-order chi connectivity index (χ1) is 11.8. The highest BCUT2D eigenvalue weighted by Gasteiger charge is 2.26. The van der Waals surface area contributed by atoms with Crippen LogP contribution < -0.4 is 4.74 Å². The van der Waals surface area contributed by atoms with Crippen LogP contribution in [-0.4, -0.2) is 31.6 Å². The van der Waals surface area contributed by atoms with E-state index in [9.17, 15) is 0 Å². The highest BCUT2D eigenvalue weighted by molar-refractivity contribution is 5.70. The van der Waals surface area contributed by atoms with Crippen LogP contribution in [-0.2, 0) is 4.74 Å². The molecule has 1 aromatic carbocycles. The van der Waals surface area contributed by atoms with E-state index in [1.807, 2.05) is 38.1 Å². The van der Waals surface area contributed by atoms with Crippen LogP contribution in [0.1, 0.15) is 32.8 Å². The molecule has 0 saturated carbocycles. The van der Waals surface area contributed by atoms with Crippen LogP contribution in [0.2, 0.25) is 0 Å². The number of likely N-dealkylation sites (N-methyl/N-ethyl adjacent to an activating group) is 1. The molecule has 1 atom stereocenters. The molecule has 0 saturated heterocycles. The van der Waals surface area contributed by atoms with Gasteiger partial charge in [-0.25, -0.2) is 0 Å². The Bertz CT molecular complexity index is 656. The fourth-order valence-electron chi connectivity index (χ4n) is 2.51. The molecule has 0 bridgehead atoms. The first-order valence-electron chi connectivity index (χ1n) is 8.50. The lowest BCUT2D eigenvalue weighted by molar-refractivity contribution is 0.151. The van der Waals surface area contributed by atoms with E-state index in [0.717, 1.165) is 35.6 Å². The summed E-state index contributed by atoms with van der Waals surface area (Å²) in [6.45, 7) is 17.9. The second kappa shape index (κ2) is 9.90. The van der Waals surface area contributed by atoms with Crippen LogP contribution in [0.5, 0.6) is 5.75 Å². The molecule has 25 heavy (non-hydrogen) atoms. The first kappa shape index (κ1) is 20.8. The van der Waals surface area contributed by atoms with Crippen molar-refractivity contribution in [3.63, 3.8) is 0 Å². The van der Waals surface area contributed by atoms with Crippen LogP contribution in [0.15, 0.2) is 67.0 Å². The molecule has 0 fully saturated rings. The number of nitrogens with zero attached hydrogens (tertiary/aromatic N) is 1. The van der Waals surface area contributed by atoms with Crippen molar-refractivity contribution >= 4 is 5.76 Å². The number of hydrogen-bond acceptors (Lipinski definition) is 3. The Hall–Kier alpha value is -2.26. The molecular formula is C22H31NO2. The van der Waals surface area contributed by atoms with E-state index < -0.39 is 0 Å². The largest absolute Gasteiger partial charge is 0.488 e. The molecule has 0 spiro atoms. The molecule has 3 nitrogen and oxygen atoms in total. The minimum absolute atomic E-state index is 0.197. The summed E-state index contributed by atoms with van der Waals surface area (Å²) in [5.74, 6) is 2.26. The van der Waals surface area contributed by atoms with Gasteiger partial charge in [-0.15, -0.1) is 6.58 Å². The van der Waals surface area contributed by atoms with E-state index in [1.165, 1.54) is 5.57 Å². The average molecular weight is 341 g/mol. The van der Waals surface area contributed by atoms with Gasteiger partial charge in [0.2, 0.25) is 0 Å². The van der Waals surface area contributed by atoms with Gasteiger partial charge in [-0.3, -0.25) is 0 Å². The number of allylic oxidation sites excluding steroid dienone is 2. The van der Waals surface area contributed by atoms with E-state index in [4.69, 9.17) is 9.47 Å². The molecule has 1 aromatic rings. The topological polar surface area (TPSA) is 21.7 Å². The van der Waals surface area contributed by atoms with Gasteiger partial charge in [0.05, 0.1) is 5.56 Å². The molecule has 0 radical (unpaired) electrons. The normalized spacial score (nSPS) is 16.0.